The van der Waals surface area contributed by atoms with Crippen LogP contribution in [0.25, 0.3) is 0 Å². The SMILES string of the molecule is C=CC(=C)N1CC(NCc2cnc(CNc3cc(C(F)(F)F)c(Cl)cc3O)n2C)C1. The van der Waals surface area contributed by atoms with E-state index in [1.54, 1.807) is 12.3 Å². The molecule has 0 unspecified atom stereocenters. The van der Waals surface area contributed by atoms with Gasteiger partial charge in [0.1, 0.15) is 11.6 Å². The highest BCUT2D eigenvalue weighted by molar-refractivity contribution is 6.31. The van der Waals surface area contributed by atoms with Crippen molar-refractivity contribution in [3.8, 4) is 5.75 Å². The van der Waals surface area contributed by atoms with Crippen LogP contribution in [0.2, 0.25) is 5.02 Å². The molecule has 3 N–H and O–H groups in total. The van der Waals surface area contributed by atoms with E-state index >= 15 is 0 Å². The second-order valence-electron chi connectivity index (χ2n) is 7.10. The van der Waals surface area contributed by atoms with Crippen LogP contribution in [-0.2, 0) is 26.3 Å². The molecule has 2 heterocycles. The Labute approximate surface area is 177 Å². The maximum absolute atomic E-state index is 13.0. The Morgan fingerprint density at radius 3 is 2.70 bits per heavy atom. The van der Waals surface area contributed by atoms with Crippen molar-refractivity contribution in [1.29, 1.82) is 0 Å². The number of anilines is 1. The van der Waals surface area contributed by atoms with Crippen molar-refractivity contribution in [3.63, 3.8) is 0 Å². The summed E-state index contributed by atoms with van der Waals surface area (Å²) in [6, 6.07) is 2.01. The number of aromatic nitrogens is 2. The molecule has 3 rings (SSSR count). The average molecular weight is 442 g/mol. The molecule has 6 nitrogen and oxygen atoms in total. The first kappa shape index (κ1) is 22.0. The van der Waals surface area contributed by atoms with Gasteiger partial charge in [0.05, 0.1) is 28.5 Å². The number of likely N-dealkylation sites (tertiary alicyclic amines) is 1. The number of nitrogens with one attached hydrogen (secondary N) is 2. The lowest BCUT2D eigenvalue weighted by Gasteiger charge is -2.41. The maximum atomic E-state index is 13.0. The van der Waals surface area contributed by atoms with E-state index in [-0.39, 0.29) is 18.0 Å². The minimum absolute atomic E-state index is 0.0635. The predicted octanol–water partition coefficient (Wildman–Crippen LogP) is 3.88. The van der Waals surface area contributed by atoms with Crippen molar-refractivity contribution >= 4 is 17.3 Å². The van der Waals surface area contributed by atoms with Crippen LogP contribution in [0.3, 0.4) is 0 Å². The Morgan fingerprint density at radius 2 is 2.07 bits per heavy atom. The van der Waals surface area contributed by atoms with E-state index in [0.717, 1.165) is 36.6 Å². The number of halogens is 4. The smallest absolute Gasteiger partial charge is 0.417 e. The molecular formula is C20H23ClF3N5O. The normalized spacial score (nSPS) is 14.5. The second kappa shape index (κ2) is 8.61. The number of allylic oxidation sites excluding steroid dienone is 1. The highest BCUT2D eigenvalue weighted by Gasteiger charge is 2.34. The summed E-state index contributed by atoms with van der Waals surface area (Å²) in [6.07, 6.45) is -1.17. The van der Waals surface area contributed by atoms with Crippen LogP contribution in [0.15, 0.2) is 43.3 Å². The highest BCUT2D eigenvalue weighted by atomic mass is 35.5. The van der Waals surface area contributed by atoms with Gasteiger partial charge in [0.25, 0.3) is 0 Å². The van der Waals surface area contributed by atoms with Gasteiger partial charge in [0.2, 0.25) is 0 Å². The summed E-state index contributed by atoms with van der Waals surface area (Å²) in [4.78, 5) is 6.44. The van der Waals surface area contributed by atoms with Crippen LogP contribution in [0.4, 0.5) is 18.9 Å². The Kier molecular flexibility index (Phi) is 6.33. The molecule has 1 aliphatic heterocycles. The molecule has 10 heteroatoms. The molecule has 0 atom stereocenters. The molecule has 1 aliphatic rings. The van der Waals surface area contributed by atoms with E-state index in [1.165, 1.54) is 0 Å². The lowest BCUT2D eigenvalue weighted by atomic mass is 10.1. The van der Waals surface area contributed by atoms with E-state index < -0.39 is 16.8 Å². The first-order chi connectivity index (χ1) is 14.1. The van der Waals surface area contributed by atoms with E-state index in [1.807, 2.05) is 11.6 Å². The Bertz CT molecular complexity index is 951. The number of hydrogen-bond donors (Lipinski definition) is 3. The van der Waals surface area contributed by atoms with Crippen molar-refractivity contribution in [2.45, 2.75) is 25.3 Å². The summed E-state index contributed by atoms with van der Waals surface area (Å²) in [5.41, 5.74) is 0.763. The summed E-state index contributed by atoms with van der Waals surface area (Å²) < 4.78 is 41.0. The molecule has 0 radical (unpaired) electrons. The second-order valence-corrected chi connectivity index (χ2v) is 7.51. The molecule has 0 amide bonds. The fraction of sp³-hybridized carbons (Fsp3) is 0.350. The van der Waals surface area contributed by atoms with Gasteiger partial charge in [-0.15, -0.1) is 0 Å². The summed E-state index contributed by atoms with van der Waals surface area (Å²) in [5, 5.41) is 15.6. The minimum atomic E-state index is -4.61. The van der Waals surface area contributed by atoms with Crippen molar-refractivity contribution in [1.82, 2.24) is 19.8 Å². The first-order valence-corrected chi connectivity index (χ1v) is 9.60. The number of nitrogens with zero attached hydrogens (tertiary/aromatic N) is 3. The Hall–Kier alpha value is -2.65. The van der Waals surface area contributed by atoms with Gasteiger partial charge in [0, 0.05) is 50.7 Å². The topological polar surface area (TPSA) is 65.3 Å². The third-order valence-electron chi connectivity index (χ3n) is 5.10. The third kappa shape index (κ3) is 4.73. The molecular weight excluding hydrogens is 419 g/mol. The van der Waals surface area contributed by atoms with Crippen LogP contribution >= 0.6 is 11.6 Å². The van der Waals surface area contributed by atoms with Crippen LogP contribution in [0.1, 0.15) is 17.1 Å². The summed E-state index contributed by atoms with van der Waals surface area (Å²) in [6.45, 7) is 10.1. The zero-order chi connectivity index (χ0) is 22.1. The molecule has 0 aliphatic carbocycles. The van der Waals surface area contributed by atoms with Gasteiger partial charge >= 0.3 is 6.18 Å². The van der Waals surface area contributed by atoms with Gasteiger partial charge < -0.3 is 25.2 Å². The monoisotopic (exact) mass is 441 g/mol. The Balaban J connectivity index is 1.58. The lowest BCUT2D eigenvalue weighted by molar-refractivity contribution is -0.137. The number of benzene rings is 1. The summed E-state index contributed by atoms with van der Waals surface area (Å²) in [5.74, 6) is 0.254. The lowest BCUT2D eigenvalue weighted by Crippen LogP contribution is -2.56. The van der Waals surface area contributed by atoms with Gasteiger partial charge in [-0.05, 0) is 12.1 Å². The molecule has 162 valence electrons. The predicted molar refractivity (Wildman–Crippen MR) is 110 cm³/mol. The number of hydrogen-bond acceptors (Lipinski definition) is 5. The minimum Gasteiger partial charge on any atom is -0.506 e. The van der Waals surface area contributed by atoms with E-state index in [0.29, 0.717) is 18.4 Å². The van der Waals surface area contributed by atoms with Crippen molar-refractivity contribution in [2.24, 2.45) is 7.05 Å². The number of alkyl halides is 3. The third-order valence-corrected chi connectivity index (χ3v) is 5.42. The van der Waals surface area contributed by atoms with Gasteiger partial charge in [-0.3, -0.25) is 0 Å². The number of rotatable bonds is 8. The quantitative estimate of drug-likeness (QED) is 0.428. The standard InChI is InChI=1S/C20H23ClF3N5O/c1-4-12(2)29-10-13(11-29)25-7-14-8-27-19(28(14)3)9-26-17-5-15(20(22,23)24)16(21)6-18(17)30/h4-6,8,13,25-26,30H,1-2,7,9-11H2,3H3. The fourth-order valence-corrected chi connectivity index (χ4v) is 3.40. The number of aromatic hydroxyl groups is 1. The average Bonchev–Trinajstić information content (AvgIpc) is 2.98. The molecule has 2 aromatic rings. The van der Waals surface area contributed by atoms with Crippen molar-refractivity contribution in [2.75, 3.05) is 18.4 Å². The van der Waals surface area contributed by atoms with Crippen LogP contribution in [-0.4, -0.2) is 38.7 Å². The van der Waals surface area contributed by atoms with E-state index in [2.05, 4.69) is 33.7 Å². The largest absolute Gasteiger partial charge is 0.506 e. The zero-order valence-electron chi connectivity index (χ0n) is 16.4. The van der Waals surface area contributed by atoms with Crippen LogP contribution in [0, 0.1) is 0 Å². The molecule has 1 aromatic carbocycles. The summed E-state index contributed by atoms with van der Waals surface area (Å²) >= 11 is 5.60. The molecule has 1 aromatic heterocycles. The zero-order valence-corrected chi connectivity index (χ0v) is 17.2. The summed E-state index contributed by atoms with van der Waals surface area (Å²) in [7, 11) is 1.83. The number of phenols is 1. The van der Waals surface area contributed by atoms with Gasteiger partial charge in [-0.25, -0.2) is 4.98 Å². The maximum Gasteiger partial charge on any atom is 0.417 e. The van der Waals surface area contributed by atoms with E-state index in [9.17, 15) is 18.3 Å². The molecule has 1 fully saturated rings. The molecule has 0 saturated carbocycles. The molecule has 30 heavy (non-hydrogen) atoms. The van der Waals surface area contributed by atoms with Gasteiger partial charge in [-0.1, -0.05) is 24.8 Å². The molecule has 0 spiro atoms. The van der Waals surface area contributed by atoms with Crippen molar-refractivity contribution < 1.29 is 18.3 Å². The fourth-order valence-electron chi connectivity index (χ4n) is 3.13. The van der Waals surface area contributed by atoms with Crippen LogP contribution in [0.5, 0.6) is 5.75 Å². The highest BCUT2D eigenvalue weighted by Crippen LogP contribution is 2.40. The number of phenolic OH excluding ortho intramolecular Hbond substituents is 1. The van der Waals surface area contributed by atoms with Gasteiger partial charge in [-0.2, -0.15) is 13.2 Å². The first-order valence-electron chi connectivity index (χ1n) is 9.23. The molecule has 1 saturated heterocycles. The Morgan fingerprint density at radius 1 is 1.37 bits per heavy atom. The van der Waals surface area contributed by atoms with Crippen LogP contribution < -0.4 is 10.6 Å². The van der Waals surface area contributed by atoms with Gasteiger partial charge in [0.15, 0.2) is 0 Å². The van der Waals surface area contributed by atoms with Crippen molar-refractivity contribution in [3.05, 3.63) is 65.4 Å². The molecule has 0 bridgehead atoms. The number of imidazole rings is 1. The van der Waals surface area contributed by atoms with E-state index in [4.69, 9.17) is 11.6 Å².